The zero-order valence-electron chi connectivity index (χ0n) is 8.31. The van der Waals surface area contributed by atoms with Gasteiger partial charge in [0.25, 0.3) is 0 Å². The van der Waals surface area contributed by atoms with Crippen molar-refractivity contribution < 1.29 is 0 Å². The molecule has 0 spiro atoms. The van der Waals surface area contributed by atoms with Gasteiger partial charge in [-0.2, -0.15) is 10.2 Å². The van der Waals surface area contributed by atoms with Gasteiger partial charge in [-0.15, -0.1) is 0 Å². The molecular formula is C9H13N5. The van der Waals surface area contributed by atoms with Gasteiger partial charge in [0, 0.05) is 24.4 Å². The molecule has 0 amide bonds. The fourth-order valence-corrected chi connectivity index (χ4v) is 1.34. The van der Waals surface area contributed by atoms with E-state index in [0.717, 1.165) is 11.1 Å². The lowest BCUT2D eigenvalue weighted by atomic mass is 10.3. The molecule has 5 nitrogen and oxygen atoms in total. The molecule has 2 heterocycles. The van der Waals surface area contributed by atoms with Crippen molar-refractivity contribution in [2.75, 3.05) is 5.73 Å². The van der Waals surface area contributed by atoms with E-state index in [9.17, 15) is 0 Å². The first kappa shape index (κ1) is 8.80. The van der Waals surface area contributed by atoms with Crippen LogP contribution in [-0.4, -0.2) is 19.6 Å². The predicted molar refractivity (Wildman–Crippen MR) is 53.7 cm³/mol. The van der Waals surface area contributed by atoms with Crippen molar-refractivity contribution in [3.05, 3.63) is 29.7 Å². The van der Waals surface area contributed by atoms with Crippen molar-refractivity contribution in [2.45, 2.75) is 13.5 Å². The SMILES string of the molecule is Cc1cnn(Cc2cnn(C)c2)c1N. The predicted octanol–water partition coefficient (Wildman–Crippen LogP) is 0.556. The van der Waals surface area contributed by atoms with Crippen LogP contribution in [0.5, 0.6) is 0 Å². The first-order chi connectivity index (χ1) is 6.66. The lowest BCUT2D eigenvalue weighted by molar-refractivity contribution is 0.695. The minimum Gasteiger partial charge on any atom is -0.384 e. The largest absolute Gasteiger partial charge is 0.384 e. The molecule has 0 saturated heterocycles. The van der Waals surface area contributed by atoms with Gasteiger partial charge in [-0.25, -0.2) is 4.68 Å². The first-order valence-electron chi connectivity index (χ1n) is 4.42. The molecular weight excluding hydrogens is 178 g/mol. The highest BCUT2D eigenvalue weighted by Crippen LogP contribution is 2.10. The molecule has 14 heavy (non-hydrogen) atoms. The number of aryl methyl sites for hydroxylation is 2. The zero-order chi connectivity index (χ0) is 10.1. The van der Waals surface area contributed by atoms with E-state index in [0.29, 0.717) is 12.4 Å². The average Bonchev–Trinajstić information content (AvgIpc) is 2.67. The highest BCUT2D eigenvalue weighted by atomic mass is 15.3. The van der Waals surface area contributed by atoms with Crippen LogP contribution in [0.15, 0.2) is 18.6 Å². The van der Waals surface area contributed by atoms with E-state index in [-0.39, 0.29) is 0 Å². The Hall–Kier alpha value is -1.78. The highest BCUT2D eigenvalue weighted by Gasteiger charge is 2.04. The van der Waals surface area contributed by atoms with Crippen molar-refractivity contribution in [2.24, 2.45) is 7.05 Å². The third-order valence-corrected chi connectivity index (χ3v) is 2.16. The van der Waals surface area contributed by atoms with E-state index in [1.54, 1.807) is 15.6 Å². The summed E-state index contributed by atoms with van der Waals surface area (Å²) >= 11 is 0. The van der Waals surface area contributed by atoms with Gasteiger partial charge in [0.15, 0.2) is 0 Å². The maximum atomic E-state index is 5.83. The second-order valence-corrected chi connectivity index (χ2v) is 3.39. The second kappa shape index (κ2) is 3.17. The van der Waals surface area contributed by atoms with Crippen LogP contribution in [-0.2, 0) is 13.6 Å². The summed E-state index contributed by atoms with van der Waals surface area (Å²) in [6, 6.07) is 0. The summed E-state index contributed by atoms with van der Waals surface area (Å²) in [5.74, 6) is 0.717. The molecule has 2 rings (SSSR count). The van der Waals surface area contributed by atoms with E-state index in [4.69, 9.17) is 5.73 Å². The Morgan fingerprint density at radius 1 is 1.36 bits per heavy atom. The fourth-order valence-electron chi connectivity index (χ4n) is 1.34. The molecule has 2 N–H and O–H groups in total. The third-order valence-electron chi connectivity index (χ3n) is 2.16. The quantitative estimate of drug-likeness (QED) is 0.754. The number of anilines is 1. The van der Waals surface area contributed by atoms with Gasteiger partial charge < -0.3 is 5.73 Å². The van der Waals surface area contributed by atoms with Crippen LogP contribution >= 0.6 is 0 Å². The zero-order valence-corrected chi connectivity index (χ0v) is 8.31. The Labute approximate surface area is 82.1 Å². The van der Waals surface area contributed by atoms with Crippen molar-refractivity contribution >= 4 is 5.82 Å². The van der Waals surface area contributed by atoms with Crippen LogP contribution in [0.3, 0.4) is 0 Å². The molecule has 0 radical (unpaired) electrons. The number of aromatic nitrogens is 4. The van der Waals surface area contributed by atoms with Gasteiger partial charge in [0.05, 0.1) is 18.9 Å². The Bertz CT molecular complexity index is 440. The molecule has 0 unspecified atom stereocenters. The second-order valence-electron chi connectivity index (χ2n) is 3.39. The van der Waals surface area contributed by atoms with E-state index >= 15 is 0 Å². The number of nitrogens with two attached hydrogens (primary N) is 1. The van der Waals surface area contributed by atoms with Gasteiger partial charge >= 0.3 is 0 Å². The minimum absolute atomic E-state index is 0.674. The van der Waals surface area contributed by atoms with Crippen molar-refractivity contribution in [1.29, 1.82) is 0 Å². The van der Waals surface area contributed by atoms with Crippen LogP contribution < -0.4 is 5.73 Å². The van der Waals surface area contributed by atoms with Gasteiger partial charge in [-0.3, -0.25) is 4.68 Å². The van der Waals surface area contributed by atoms with E-state index in [1.165, 1.54) is 0 Å². The standard InChI is InChI=1S/C9H13N5/c1-7-3-12-14(9(7)10)6-8-4-11-13(2)5-8/h3-5H,6,10H2,1-2H3. The molecule has 2 aromatic rings. The van der Waals surface area contributed by atoms with E-state index in [1.807, 2.05) is 26.4 Å². The minimum atomic E-state index is 0.674. The molecule has 0 aliphatic carbocycles. The number of nitrogen functional groups attached to an aromatic ring is 1. The molecule has 0 aromatic carbocycles. The van der Waals surface area contributed by atoms with E-state index in [2.05, 4.69) is 10.2 Å². The summed E-state index contributed by atoms with van der Waals surface area (Å²) in [4.78, 5) is 0. The van der Waals surface area contributed by atoms with Crippen LogP contribution in [0, 0.1) is 6.92 Å². The van der Waals surface area contributed by atoms with Crippen LogP contribution in [0.1, 0.15) is 11.1 Å². The van der Waals surface area contributed by atoms with Crippen molar-refractivity contribution in [3.63, 3.8) is 0 Å². The van der Waals surface area contributed by atoms with Crippen molar-refractivity contribution in [1.82, 2.24) is 19.6 Å². The number of hydrogen-bond acceptors (Lipinski definition) is 3. The molecule has 5 heteroatoms. The fraction of sp³-hybridized carbons (Fsp3) is 0.333. The lowest BCUT2D eigenvalue weighted by Crippen LogP contribution is -2.05. The summed E-state index contributed by atoms with van der Waals surface area (Å²) in [7, 11) is 1.89. The molecule has 0 bridgehead atoms. The summed E-state index contributed by atoms with van der Waals surface area (Å²) < 4.78 is 3.54. The normalized spacial score (nSPS) is 10.7. The Morgan fingerprint density at radius 2 is 2.14 bits per heavy atom. The summed E-state index contributed by atoms with van der Waals surface area (Å²) in [5.41, 5.74) is 7.94. The van der Waals surface area contributed by atoms with E-state index < -0.39 is 0 Å². The van der Waals surface area contributed by atoms with Crippen LogP contribution in [0.2, 0.25) is 0 Å². The molecule has 0 aliphatic heterocycles. The topological polar surface area (TPSA) is 61.7 Å². The molecule has 0 saturated carbocycles. The number of nitrogens with zero attached hydrogens (tertiary/aromatic N) is 4. The number of rotatable bonds is 2. The molecule has 0 atom stereocenters. The third kappa shape index (κ3) is 1.48. The lowest BCUT2D eigenvalue weighted by Gasteiger charge is -2.01. The number of hydrogen-bond donors (Lipinski definition) is 1. The van der Waals surface area contributed by atoms with Gasteiger partial charge in [-0.05, 0) is 6.92 Å². The average molecular weight is 191 g/mol. The summed E-state index contributed by atoms with van der Waals surface area (Å²) in [6.45, 7) is 2.62. The molecule has 2 aromatic heterocycles. The molecule has 0 aliphatic rings. The monoisotopic (exact) mass is 191 g/mol. The maximum absolute atomic E-state index is 5.83. The Morgan fingerprint density at radius 3 is 2.64 bits per heavy atom. The highest BCUT2D eigenvalue weighted by molar-refractivity contribution is 5.37. The van der Waals surface area contributed by atoms with Gasteiger partial charge in [0.1, 0.15) is 5.82 Å². The van der Waals surface area contributed by atoms with Crippen LogP contribution in [0.4, 0.5) is 5.82 Å². The van der Waals surface area contributed by atoms with Gasteiger partial charge in [0.2, 0.25) is 0 Å². The first-order valence-corrected chi connectivity index (χ1v) is 4.42. The Kier molecular flexibility index (Phi) is 1.99. The molecule has 0 fully saturated rings. The van der Waals surface area contributed by atoms with Crippen LogP contribution in [0.25, 0.3) is 0 Å². The summed E-state index contributed by atoms with van der Waals surface area (Å²) in [6.07, 6.45) is 5.54. The van der Waals surface area contributed by atoms with Gasteiger partial charge in [-0.1, -0.05) is 0 Å². The summed E-state index contributed by atoms with van der Waals surface area (Å²) in [5, 5.41) is 8.26. The smallest absolute Gasteiger partial charge is 0.124 e. The molecule has 74 valence electrons. The maximum Gasteiger partial charge on any atom is 0.124 e. The van der Waals surface area contributed by atoms with Crippen molar-refractivity contribution in [3.8, 4) is 0 Å². The Balaban J connectivity index is 2.22.